The predicted octanol–water partition coefficient (Wildman–Crippen LogP) is -0.727. The van der Waals surface area contributed by atoms with Crippen molar-refractivity contribution in [2.45, 2.75) is 19.4 Å². The Bertz CT molecular complexity index is 761. The zero-order valence-electron chi connectivity index (χ0n) is 15.6. The Balaban J connectivity index is 2.10. The van der Waals surface area contributed by atoms with Crippen molar-refractivity contribution in [3.63, 3.8) is 0 Å². The summed E-state index contributed by atoms with van der Waals surface area (Å²) in [6.45, 7) is 3.41. The Hall–Kier alpha value is -2.26. The molecule has 8 nitrogen and oxygen atoms in total. The maximum absolute atomic E-state index is 12.5. The fourth-order valence-electron chi connectivity index (χ4n) is 2.75. The number of hydrogen-bond acceptors (Lipinski definition) is 5. The zero-order valence-corrected chi connectivity index (χ0v) is 16.4. The SMILES string of the molecule is COc1ccc(N(C(C)C(=O)NNC2=CC[NH+](C)CC2)S(C)(=O)=O)cc1. The Labute approximate surface area is 154 Å². The lowest BCUT2D eigenvalue weighted by molar-refractivity contribution is -0.875. The second-order valence-electron chi connectivity index (χ2n) is 6.44. The maximum Gasteiger partial charge on any atom is 0.261 e. The van der Waals surface area contributed by atoms with Gasteiger partial charge in [-0.15, -0.1) is 0 Å². The van der Waals surface area contributed by atoms with Crippen LogP contribution in [0.2, 0.25) is 0 Å². The highest BCUT2D eigenvalue weighted by molar-refractivity contribution is 7.92. The fraction of sp³-hybridized carbons (Fsp3) is 0.471. The molecule has 0 fully saturated rings. The van der Waals surface area contributed by atoms with Gasteiger partial charge in [0.05, 0.1) is 39.2 Å². The molecular formula is C17H27N4O4S+. The number of sulfonamides is 1. The van der Waals surface area contributed by atoms with E-state index in [-0.39, 0.29) is 0 Å². The van der Waals surface area contributed by atoms with Gasteiger partial charge in [0.15, 0.2) is 0 Å². The number of likely N-dealkylation sites (N-methyl/N-ethyl adjacent to an activating group) is 1. The van der Waals surface area contributed by atoms with Crippen LogP contribution in [0.5, 0.6) is 5.75 Å². The van der Waals surface area contributed by atoms with E-state index in [1.165, 1.54) is 12.0 Å². The Morgan fingerprint density at radius 3 is 2.46 bits per heavy atom. The van der Waals surface area contributed by atoms with E-state index in [2.05, 4.69) is 17.9 Å². The molecule has 1 aromatic carbocycles. The van der Waals surface area contributed by atoms with Crippen LogP contribution in [0.3, 0.4) is 0 Å². The van der Waals surface area contributed by atoms with Crippen molar-refractivity contribution < 1.29 is 22.8 Å². The third-order valence-electron chi connectivity index (χ3n) is 4.28. The molecule has 26 heavy (non-hydrogen) atoms. The number of amides is 1. The number of methoxy groups -OCH3 is 1. The third kappa shape index (κ3) is 5.12. The van der Waals surface area contributed by atoms with E-state index in [0.717, 1.165) is 35.8 Å². The van der Waals surface area contributed by atoms with Crippen molar-refractivity contribution in [1.82, 2.24) is 10.9 Å². The van der Waals surface area contributed by atoms with Crippen LogP contribution in [0.25, 0.3) is 0 Å². The van der Waals surface area contributed by atoms with Crippen molar-refractivity contribution >= 4 is 21.6 Å². The highest BCUT2D eigenvalue weighted by Crippen LogP contribution is 2.23. The number of quaternary nitrogens is 1. The number of ether oxygens (including phenoxy) is 1. The molecule has 0 bridgehead atoms. The van der Waals surface area contributed by atoms with Gasteiger partial charge in [0.1, 0.15) is 11.8 Å². The summed E-state index contributed by atoms with van der Waals surface area (Å²) in [6, 6.07) is 5.62. The smallest absolute Gasteiger partial charge is 0.261 e. The molecule has 0 radical (unpaired) electrons. The second-order valence-corrected chi connectivity index (χ2v) is 8.30. The first-order chi connectivity index (χ1) is 12.2. The molecule has 0 aromatic heterocycles. The minimum atomic E-state index is -3.65. The van der Waals surface area contributed by atoms with Crippen LogP contribution in [0, 0.1) is 0 Å². The van der Waals surface area contributed by atoms with Crippen LogP contribution in [0.15, 0.2) is 36.0 Å². The quantitative estimate of drug-likeness (QED) is 0.540. The van der Waals surface area contributed by atoms with E-state index in [1.807, 2.05) is 6.08 Å². The first-order valence-electron chi connectivity index (χ1n) is 8.42. The van der Waals surface area contributed by atoms with Gasteiger partial charge in [-0.25, -0.2) is 8.42 Å². The normalized spacial score (nSPS) is 18.5. The van der Waals surface area contributed by atoms with Crippen LogP contribution < -0.4 is 24.8 Å². The molecule has 0 aliphatic carbocycles. The van der Waals surface area contributed by atoms with Gasteiger partial charge >= 0.3 is 0 Å². The van der Waals surface area contributed by atoms with Crippen LogP contribution in [0.1, 0.15) is 13.3 Å². The molecule has 1 aromatic rings. The Kier molecular flexibility index (Phi) is 6.49. The lowest BCUT2D eigenvalue weighted by Crippen LogP contribution is -3.09. The Morgan fingerprint density at radius 1 is 1.31 bits per heavy atom. The predicted molar refractivity (Wildman–Crippen MR) is 100 cm³/mol. The minimum Gasteiger partial charge on any atom is -0.497 e. The molecule has 1 aliphatic heterocycles. The number of hydrogen-bond donors (Lipinski definition) is 3. The van der Waals surface area contributed by atoms with E-state index >= 15 is 0 Å². The summed E-state index contributed by atoms with van der Waals surface area (Å²) in [5.41, 5.74) is 6.86. The first kappa shape index (κ1) is 20.1. The monoisotopic (exact) mass is 383 g/mol. The molecule has 3 N–H and O–H groups in total. The van der Waals surface area contributed by atoms with Crippen molar-refractivity contribution in [3.05, 3.63) is 36.0 Å². The number of nitrogens with one attached hydrogen (secondary N) is 3. The summed E-state index contributed by atoms with van der Waals surface area (Å²) in [5.74, 6) is 0.177. The lowest BCUT2D eigenvalue weighted by Gasteiger charge is -2.29. The van der Waals surface area contributed by atoms with Crippen LogP contribution in [-0.2, 0) is 14.8 Å². The molecule has 1 amide bonds. The van der Waals surface area contributed by atoms with Gasteiger partial charge < -0.3 is 15.1 Å². The Morgan fingerprint density at radius 2 is 1.96 bits per heavy atom. The van der Waals surface area contributed by atoms with Gasteiger partial charge in [-0.05, 0) is 37.3 Å². The summed E-state index contributed by atoms with van der Waals surface area (Å²) in [6.07, 6.45) is 3.94. The largest absolute Gasteiger partial charge is 0.497 e. The van der Waals surface area contributed by atoms with Crippen molar-refractivity contribution in [2.24, 2.45) is 0 Å². The number of carbonyl (C=O) groups excluding carboxylic acids is 1. The maximum atomic E-state index is 12.5. The van der Waals surface area contributed by atoms with Gasteiger partial charge in [0, 0.05) is 12.1 Å². The first-order valence-corrected chi connectivity index (χ1v) is 10.3. The zero-order chi connectivity index (χ0) is 19.3. The molecular weight excluding hydrogens is 356 g/mol. The lowest BCUT2D eigenvalue weighted by atomic mass is 10.2. The van der Waals surface area contributed by atoms with Crippen LogP contribution >= 0.6 is 0 Å². The highest BCUT2D eigenvalue weighted by atomic mass is 32.2. The van der Waals surface area contributed by atoms with E-state index < -0.39 is 22.0 Å². The molecule has 1 aliphatic rings. The van der Waals surface area contributed by atoms with E-state index in [4.69, 9.17) is 4.74 Å². The van der Waals surface area contributed by atoms with Gasteiger partial charge in [0.25, 0.3) is 5.91 Å². The average molecular weight is 383 g/mol. The summed E-state index contributed by atoms with van der Waals surface area (Å²) in [4.78, 5) is 13.9. The van der Waals surface area contributed by atoms with E-state index in [1.54, 1.807) is 31.2 Å². The van der Waals surface area contributed by atoms with Crippen molar-refractivity contribution in [1.29, 1.82) is 0 Å². The number of nitrogens with zero attached hydrogens (tertiary/aromatic N) is 1. The molecule has 1 heterocycles. The van der Waals surface area contributed by atoms with Gasteiger partial charge in [-0.2, -0.15) is 0 Å². The van der Waals surface area contributed by atoms with Gasteiger partial charge in [0.2, 0.25) is 10.0 Å². The number of hydrazine groups is 1. The van der Waals surface area contributed by atoms with E-state index in [0.29, 0.717) is 11.4 Å². The van der Waals surface area contributed by atoms with Gasteiger partial charge in [-0.1, -0.05) is 0 Å². The fourth-order valence-corrected chi connectivity index (χ4v) is 3.92. The molecule has 0 saturated heterocycles. The highest BCUT2D eigenvalue weighted by Gasteiger charge is 2.29. The number of anilines is 1. The number of rotatable bonds is 7. The van der Waals surface area contributed by atoms with E-state index in [9.17, 15) is 13.2 Å². The molecule has 0 spiro atoms. The molecule has 144 valence electrons. The van der Waals surface area contributed by atoms with Crippen LogP contribution in [0.4, 0.5) is 5.69 Å². The second kappa shape index (κ2) is 8.41. The number of carbonyl (C=O) groups is 1. The summed E-state index contributed by atoms with van der Waals surface area (Å²) < 4.78 is 30.7. The van der Waals surface area contributed by atoms with Crippen LogP contribution in [-0.4, -0.2) is 53.9 Å². The molecule has 0 saturated carbocycles. The topological polar surface area (TPSA) is 92.2 Å². The standard InChI is InChI=1S/C17H26N4O4S/c1-13(17(22)19-18-14-9-11-20(2)12-10-14)21(26(4,23)24)15-5-7-16(25-3)8-6-15/h5-9,13,18H,10-12H2,1-4H3,(H,19,22)/p+1. The van der Waals surface area contributed by atoms with Gasteiger partial charge in [-0.3, -0.25) is 14.5 Å². The number of benzene rings is 1. The third-order valence-corrected chi connectivity index (χ3v) is 5.52. The average Bonchev–Trinajstić information content (AvgIpc) is 2.60. The summed E-state index contributed by atoms with van der Waals surface area (Å²) in [5, 5.41) is 0. The molecule has 2 atom stereocenters. The van der Waals surface area contributed by atoms with Crippen molar-refractivity contribution in [3.8, 4) is 5.75 Å². The summed E-state index contributed by atoms with van der Waals surface area (Å²) in [7, 11) is -0.0103. The van der Waals surface area contributed by atoms with Crippen molar-refractivity contribution in [2.75, 3.05) is 37.8 Å². The summed E-state index contributed by atoms with van der Waals surface area (Å²) >= 11 is 0. The molecule has 2 unspecified atom stereocenters. The molecule has 2 rings (SSSR count). The molecule has 9 heteroatoms. The minimum absolute atomic E-state index is 0.401.